The molecule has 0 bridgehead atoms. The van der Waals surface area contributed by atoms with Gasteiger partial charge in [-0.2, -0.15) is 0 Å². The number of rotatable bonds is 5. The molecule has 1 aromatic carbocycles. The number of esters is 1. The summed E-state index contributed by atoms with van der Waals surface area (Å²) in [6.07, 6.45) is 1.36. The molecule has 6 heteroatoms. The summed E-state index contributed by atoms with van der Waals surface area (Å²) < 4.78 is 4.75. The molecule has 1 heterocycles. The summed E-state index contributed by atoms with van der Waals surface area (Å²) in [5.74, 6) is -1.04. The first-order valence-electron chi connectivity index (χ1n) is 8.20. The first-order valence-corrected chi connectivity index (χ1v) is 8.20. The second-order valence-electron chi connectivity index (χ2n) is 6.28. The Bertz CT molecular complexity index is 600. The van der Waals surface area contributed by atoms with E-state index < -0.39 is 18.1 Å². The van der Waals surface area contributed by atoms with E-state index in [-0.39, 0.29) is 17.7 Å². The van der Waals surface area contributed by atoms with Crippen molar-refractivity contribution in [1.29, 1.82) is 0 Å². The van der Waals surface area contributed by atoms with Crippen molar-refractivity contribution in [3.05, 3.63) is 35.9 Å². The summed E-state index contributed by atoms with van der Waals surface area (Å²) in [6.45, 7) is 4.21. The third kappa shape index (κ3) is 3.93. The topological polar surface area (TPSA) is 75.7 Å². The molecule has 0 aliphatic carbocycles. The van der Waals surface area contributed by atoms with Gasteiger partial charge < -0.3 is 15.0 Å². The number of nitrogens with one attached hydrogen (secondary N) is 1. The number of amides is 2. The van der Waals surface area contributed by atoms with E-state index in [0.29, 0.717) is 18.5 Å². The Morgan fingerprint density at radius 1 is 1.21 bits per heavy atom. The van der Waals surface area contributed by atoms with Crippen LogP contribution in [0.15, 0.2) is 30.3 Å². The number of methoxy groups -OCH3 is 1. The Labute approximate surface area is 142 Å². The maximum absolute atomic E-state index is 12.6. The summed E-state index contributed by atoms with van der Waals surface area (Å²) in [6, 6.07) is 7.64. The molecule has 1 aromatic rings. The number of nitrogens with zero attached hydrogens (tertiary/aromatic N) is 1. The van der Waals surface area contributed by atoms with Crippen LogP contribution in [0, 0.1) is 5.92 Å². The molecule has 1 aliphatic rings. The highest BCUT2D eigenvalue weighted by molar-refractivity contribution is 5.98. The molecule has 0 spiro atoms. The highest BCUT2D eigenvalue weighted by Crippen LogP contribution is 2.21. The fourth-order valence-electron chi connectivity index (χ4n) is 2.90. The molecular weight excluding hydrogens is 308 g/mol. The Morgan fingerprint density at radius 3 is 2.46 bits per heavy atom. The van der Waals surface area contributed by atoms with Crippen molar-refractivity contribution in [2.45, 2.75) is 38.8 Å². The maximum atomic E-state index is 12.6. The van der Waals surface area contributed by atoms with Gasteiger partial charge in [0.2, 0.25) is 5.91 Å². The molecule has 1 N–H and O–H groups in total. The van der Waals surface area contributed by atoms with Crippen LogP contribution in [0.2, 0.25) is 0 Å². The Kier molecular flexibility index (Phi) is 5.95. The first kappa shape index (κ1) is 18.0. The molecule has 130 valence electrons. The second-order valence-corrected chi connectivity index (χ2v) is 6.28. The summed E-state index contributed by atoms with van der Waals surface area (Å²) in [7, 11) is 1.30. The van der Waals surface area contributed by atoms with Gasteiger partial charge in [0, 0.05) is 12.1 Å². The molecule has 1 fully saturated rings. The van der Waals surface area contributed by atoms with E-state index >= 15 is 0 Å². The van der Waals surface area contributed by atoms with Gasteiger partial charge in [-0.25, -0.2) is 4.79 Å². The van der Waals surface area contributed by atoms with Crippen LogP contribution in [-0.4, -0.2) is 48.4 Å². The van der Waals surface area contributed by atoms with Crippen molar-refractivity contribution in [2.75, 3.05) is 13.7 Å². The second kappa shape index (κ2) is 7.95. The van der Waals surface area contributed by atoms with Gasteiger partial charge in [-0.05, 0) is 30.9 Å². The van der Waals surface area contributed by atoms with Crippen LogP contribution < -0.4 is 5.32 Å². The van der Waals surface area contributed by atoms with Crippen molar-refractivity contribution >= 4 is 17.8 Å². The largest absolute Gasteiger partial charge is 0.467 e. The molecular formula is C18H24N2O4. The van der Waals surface area contributed by atoms with Gasteiger partial charge in [0.15, 0.2) is 0 Å². The van der Waals surface area contributed by atoms with Gasteiger partial charge in [0.05, 0.1) is 7.11 Å². The fourth-order valence-corrected chi connectivity index (χ4v) is 2.90. The number of benzene rings is 1. The van der Waals surface area contributed by atoms with Gasteiger partial charge in [0.25, 0.3) is 5.91 Å². The van der Waals surface area contributed by atoms with Gasteiger partial charge in [-0.15, -0.1) is 0 Å². The number of ether oxygens (including phenoxy) is 1. The minimum Gasteiger partial charge on any atom is -0.467 e. The Morgan fingerprint density at radius 2 is 1.88 bits per heavy atom. The molecule has 0 saturated carbocycles. The Hall–Kier alpha value is -2.37. The van der Waals surface area contributed by atoms with E-state index in [0.717, 1.165) is 6.42 Å². The van der Waals surface area contributed by atoms with Crippen LogP contribution in [-0.2, 0) is 14.3 Å². The zero-order chi connectivity index (χ0) is 17.7. The molecule has 0 radical (unpaired) electrons. The lowest BCUT2D eigenvalue weighted by Gasteiger charge is -2.27. The van der Waals surface area contributed by atoms with Gasteiger partial charge in [0.1, 0.15) is 12.1 Å². The van der Waals surface area contributed by atoms with Crippen LogP contribution in [0.3, 0.4) is 0 Å². The minimum absolute atomic E-state index is 0.0962. The number of carbonyl (C=O) groups excluding carboxylic acids is 3. The fraction of sp³-hybridized carbons (Fsp3) is 0.500. The highest BCUT2D eigenvalue weighted by Gasteiger charge is 2.36. The lowest BCUT2D eigenvalue weighted by molar-refractivity contribution is -0.146. The zero-order valence-electron chi connectivity index (χ0n) is 14.3. The third-order valence-corrected chi connectivity index (χ3v) is 4.26. The Balaban J connectivity index is 2.10. The first-order chi connectivity index (χ1) is 11.5. The molecule has 1 saturated heterocycles. The van der Waals surface area contributed by atoms with E-state index in [2.05, 4.69) is 5.32 Å². The molecule has 24 heavy (non-hydrogen) atoms. The molecule has 0 aromatic heterocycles. The summed E-state index contributed by atoms with van der Waals surface area (Å²) in [4.78, 5) is 38.6. The lowest BCUT2D eigenvalue weighted by atomic mass is 10.0. The van der Waals surface area contributed by atoms with Gasteiger partial charge in [-0.1, -0.05) is 32.0 Å². The molecule has 2 rings (SSSR count). The highest BCUT2D eigenvalue weighted by atomic mass is 16.5. The van der Waals surface area contributed by atoms with Crippen molar-refractivity contribution in [3.8, 4) is 0 Å². The van der Waals surface area contributed by atoms with Crippen LogP contribution in [0.4, 0.5) is 0 Å². The van der Waals surface area contributed by atoms with Gasteiger partial charge in [-0.3, -0.25) is 9.59 Å². The third-order valence-electron chi connectivity index (χ3n) is 4.26. The summed E-state index contributed by atoms with van der Waals surface area (Å²) in [5, 5.41) is 2.74. The number of hydrogen-bond donors (Lipinski definition) is 1. The normalized spacial score (nSPS) is 18.3. The van der Waals surface area contributed by atoms with Crippen LogP contribution in [0.25, 0.3) is 0 Å². The standard InChI is InChI=1S/C18H24N2O4/c1-12(2)15(18(23)24-3)19-16(21)14-10-7-11-20(14)17(22)13-8-5-4-6-9-13/h4-6,8-9,12,14-15H,7,10-11H2,1-3H3,(H,19,21)/t14-,15-/m0/s1. The van der Waals surface area contributed by atoms with Crippen molar-refractivity contribution in [2.24, 2.45) is 5.92 Å². The van der Waals surface area contributed by atoms with Gasteiger partial charge >= 0.3 is 5.97 Å². The van der Waals surface area contributed by atoms with Crippen LogP contribution in [0.5, 0.6) is 0 Å². The summed E-state index contributed by atoms with van der Waals surface area (Å²) >= 11 is 0. The smallest absolute Gasteiger partial charge is 0.328 e. The molecule has 6 nitrogen and oxygen atoms in total. The van der Waals surface area contributed by atoms with E-state index in [1.165, 1.54) is 7.11 Å². The maximum Gasteiger partial charge on any atom is 0.328 e. The molecule has 0 unspecified atom stereocenters. The quantitative estimate of drug-likeness (QED) is 0.831. The van der Waals surface area contributed by atoms with Crippen molar-refractivity contribution in [1.82, 2.24) is 10.2 Å². The average molecular weight is 332 g/mol. The van der Waals surface area contributed by atoms with Crippen molar-refractivity contribution < 1.29 is 19.1 Å². The number of hydrogen-bond acceptors (Lipinski definition) is 4. The average Bonchev–Trinajstić information content (AvgIpc) is 3.08. The molecule has 2 atom stereocenters. The number of likely N-dealkylation sites (tertiary alicyclic amines) is 1. The number of carbonyl (C=O) groups is 3. The van der Waals surface area contributed by atoms with E-state index in [4.69, 9.17) is 4.74 Å². The molecule has 2 amide bonds. The monoisotopic (exact) mass is 332 g/mol. The van der Waals surface area contributed by atoms with E-state index in [1.54, 1.807) is 29.2 Å². The predicted molar refractivity (Wildman–Crippen MR) is 89.3 cm³/mol. The van der Waals surface area contributed by atoms with E-state index in [1.807, 2.05) is 19.9 Å². The van der Waals surface area contributed by atoms with Crippen molar-refractivity contribution in [3.63, 3.8) is 0 Å². The van der Waals surface area contributed by atoms with E-state index in [9.17, 15) is 14.4 Å². The minimum atomic E-state index is -0.711. The van der Waals surface area contributed by atoms with Crippen LogP contribution in [0.1, 0.15) is 37.0 Å². The molecule has 1 aliphatic heterocycles. The summed E-state index contributed by atoms with van der Waals surface area (Å²) in [5.41, 5.74) is 0.561. The SMILES string of the molecule is COC(=O)[C@@H](NC(=O)[C@@H]1CCCN1C(=O)c1ccccc1)C(C)C. The van der Waals surface area contributed by atoms with Crippen LogP contribution >= 0.6 is 0 Å². The zero-order valence-corrected chi connectivity index (χ0v) is 14.3. The lowest BCUT2D eigenvalue weighted by Crippen LogP contribution is -2.52. The predicted octanol–water partition coefficient (Wildman–Crippen LogP) is 1.61.